The second-order valence-corrected chi connectivity index (χ2v) is 4.72. The summed E-state index contributed by atoms with van der Waals surface area (Å²) >= 11 is 0. The molecule has 0 aromatic heterocycles. The number of hydrogen-bond acceptors (Lipinski definition) is 2. The minimum Gasteiger partial charge on any atom is -0.496 e. The molecule has 0 unspecified atom stereocenters. The average Bonchev–Trinajstić information content (AvgIpc) is 2.17. The molecule has 15 heavy (non-hydrogen) atoms. The predicted octanol–water partition coefficient (Wildman–Crippen LogP) is 3.14. The van der Waals surface area contributed by atoms with Crippen LogP contribution in [0.25, 0.3) is 0 Å². The lowest BCUT2D eigenvalue weighted by molar-refractivity contribution is 0.184. The van der Waals surface area contributed by atoms with Gasteiger partial charge in [0.1, 0.15) is 5.75 Å². The number of hydrogen-bond donors (Lipinski definition) is 0. The Morgan fingerprint density at radius 1 is 1.13 bits per heavy atom. The van der Waals surface area contributed by atoms with Gasteiger partial charge in [0.15, 0.2) is 0 Å². The van der Waals surface area contributed by atoms with E-state index in [-0.39, 0.29) is 5.41 Å². The smallest absolute Gasteiger partial charge is 0.122 e. The normalized spacial score (nSPS) is 11.5. The Labute approximate surface area is 92.2 Å². The molecule has 2 nitrogen and oxygen atoms in total. The second-order valence-electron chi connectivity index (χ2n) is 4.72. The molecular weight excluding hydrogens is 188 g/mol. The van der Waals surface area contributed by atoms with Crippen LogP contribution < -0.4 is 4.74 Å². The van der Waals surface area contributed by atoms with Crippen molar-refractivity contribution in [2.24, 2.45) is 0 Å². The van der Waals surface area contributed by atoms with Crippen molar-refractivity contribution in [1.29, 1.82) is 0 Å². The molecule has 0 N–H and O–H groups in total. The van der Waals surface area contributed by atoms with Gasteiger partial charge < -0.3 is 9.47 Å². The van der Waals surface area contributed by atoms with Gasteiger partial charge in [-0.15, -0.1) is 0 Å². The lowest BCUT2D eigenvalue weighted by atomic mass is 9.85. The highest BCUT2D eigenvalue weighted by molar-refractivity contribution is 5.41. The Balaban J connectivity index is 3.13. The van der Waals surface area contributed by atoms with E-state index in [1.165, 1.54) is 11.1 Å². The first-order valence-corrected chi connectivity index (χ1v) is 5.15. The highest BCUT2D eigenvalue weighted by atomic mass is 16.5. The van der Waals surface area contributed by atoms with Crippen LogP contribution in [0.2, 0.25) is 0 Å². The van der Waals surface area contributed by atoms with Crippen molar-refractivity contribution in [3.8, 4) is 5.75 Å². The summed E-state index contributed by atoms with van der Waals surface area (Å²) in [5, 5.41) is 0. The van der Waals surface area contributed by atoms with Gasteiger partial charge in [-0.1, -0.05) is 26.8 Å². The van der Waals surface area contributed by atoms with Gasteiger partial charge in [0.05, 0.1) is 13.7 Å². The third kappa shape index (κ3) is 2.96. The molecule has 2 heteroatoms. The van der Waals surface area contributed by atoms with Gasteiger partial charge in [-0.2, -0.15) is 0 Å². The Kier molecular flexibility index (Phi) is 3.75. The highest BCUT2D eigenvalue weighted by Gasteiger charge is 2.18. The van der Waals surface area contributed by atoms with E-state index in [9.17, 15) is 0 Å². The molecule has 0 fully saturated rings. The molecule has 0 saturated carbocycles. The van der Waals surface area contributed by atoms with Gasteiger partial charge in [-0.05, 0) is 28.7 Å². The van der Waals surface area contributed by atoms with Crippen LogP contribution in [0.3, 0.4) is 0 Å². The van der Waals surface area contributed by atoms with Crippen LogP contribution in [-0.4, -0.2) is 14.2 Å². The van der Waals surface area contributed by atoms with E-state index in [2.05, 4.69) is 26.8 Å². The van der Waals surface area contributed by atoms with E-state index in [1.807, 2.05) is 12.1 Å². The van der Waals surface area contributed by atoms with Crippen LogP contribution >= 0.6 is 0 Å². The maximum absolute atomic E-state index is 5.36. The summed E-state index contributed by atoms with van der Waals surface area (Å²) in [6.07, 6.45) is 0. The lowest BCUT2D eigenvalue weighted by Gasteiger charge is -2.22. The van der Waals surface area contributed by atoms with E-state index in [4.69, 9.17) is 9.47 Å². The minimum absolute atomic E-state index is 0.0924. The topological polar surface area (TPSA) is 18.5 Å². The monoisotopic (exact) mass is 208 g/mol. The van der Waals surface area contributed by atoms with Crippen molar-refractivity contribution >= 4 is 0 Å². The van der Waals surface area contributed by atoms with Crippen LogP contribution in [0.15, 0.2) is 18.2 Å². The van der Waals surface area contributed by atoms with Crippen LogP contribution in [0.5, 0.6) is 5.75 Å². The molecule has 0 aliphatic carbocycles. The van der Waals surface area contributed by atoms with Gasteiger partial charge in [0, 0.05) is 7.11 Å². The summed E-state index contributed by atoms with van der Waals surface area (Å²) in [5.74, 6) is 0.947. The SMILES string of the molecule is COCc1ccc(OC)c(C(C)(C)C)c1. The zero-order valence-electron chi connectivity index (χ0n) is 10.3. The fraction of sp³-hybridized carbons (Fsp3) is 0.538. The van der Waals surface area contributed by atoms with Crippen molar-refractivity contribution in [3.05, 3.63) is 29.3 Å². The molecule has 0 saturated heterocycles. The molecule has 1 aromatic carbocycles. The molecule has 0 amide bonds. The molecule has 0 aliphatic heterocycles. The third-order valence-corrected chi connectivity index (χ3v) is 2.38. The Morgan fingerprint density at radius 3 is 2.27 bits per heavy atom. The fourth-order valence-corrected chi connectivity index (χ4v) is 1.60. The van der Waals surface area contributed by atoms with Gasteiger partial charge in [0.25, 0.3) is 0 Å². The van der Waals surface area contributed by atoms with E-state index in [1.54, 1.807) is 14.2 Å². The van der Waals surface area contributed by atoms with Crippen LogP contribution in [0, 0.1) is 0 Å². The van der Waals surface area contributed by atoms with Crippen LogP contribution in [0.4, 0.5) is 0 Å². The van der Waals surface area contributed by atoms with E-state index >= 15 is 0 Å². The number of methoxy groups -OCH3 is 2. The molecule has 84 valence electrons. The highest BCUT2D eigenvalue weighted by Crippen LogP contribution is 2.32. The fourth-order valence-electron chi connectivity index (χ4n) is 1.60. The largest absolute Gasteiger partial charge is 0.496 e. The first-order valence-electron chi connectivity index (χ1n) is 5.15. The standard InChI is InChI=1S/C13H20O2/c1-13(2,3)11-8-10(9-14-4)6-7-12(11)15-5/h6-8H,9H2,1-5H3. The summed E-state index contributed by atoms with van der Waals surface area (Å²) in [6, 6.07) is 6.20. The lowest BCUT2D eigenvalue weighted by Crippen LogP contribution is -2.13. The predicted molar refractivity (Wildman–Crippen MR) is 62.4 cm³/mol. The van der Waals surface area contributed by atoms with Gasteiger partial charge in [0.2, 0.25) is 0 Å². The van der Waals surface area contributed by atoms with Crippen molar-refractivity contribution in [1.82, 2.24) is 0 Å². The van der Waals surface area contributed by atoms with E-state index in [0.29, 0.717) is 6.61 Å². The molecule has 0 spiro atoms. The molecule has 1 rings (SSSR count). The van der Waals surface area contributed by atoms with Crippen molar-refractivity contribution in [2.75, 3.05) is 14.2 Å². The molecule has 0 aliphatic rings. The summed E-state index contributed by atoms with van der Waals surface area (Å²) in [4.78, 5) is 0. The Bertz CT molecular complexity index is 324. The van der Waals surface area contributed by atoms with Gasteiger partial charge in [-0.25, -0.2) is 0 Å². The molecule has 1 aromatic rings. The van der Waals surface area contributed by atoms with Crippen molar-refractivity contribution < 1.29 is 9.47 Å². The molecule has 0 bridgehead atoms. The molecule has 0 heterocycles. The number of benzene rings is 1. The summed E-state index contributed by atoms with van der Waals surface area (Å²) in [7, 11) is 3.42. The van der Waals surface area contributed by atoms with Crippen molar-refractivity contribution in [3.63, 3.8) is 0 Å². The molecule has 0 atom stereocenters. The quantitative estimate of drug-likeness (QED) is 0.759. The van der Waals surface area contributed by atoms with Crippen molar-refractivity contribution in [2.45, 2.75) is 32.8 Å². The zero-order chi connectivity index (χ0) is 11.5. The van der Waals surface area contributed by atoms with Gasteiger partial charge >= 0.3 is 0 Å². The number of rotatable bonds is 3. The second kappa shape index (κ2) is 4.67. The third-order valence-electron chi connectivity index (χ3n) is 2.38. The maximum Gasteiger partial charge on any atom is 0.122 e. The maximum atomic E-state index is 5.36. The Morgan fingerprint density at radius 2 is 1.80 bits per heavy atom. The molecular formula is C13H20O2. The zero-order valence-corrected chi connectivity index (χ0v) is 10.3. The van der Waals surface area contributed by atoms with Crippen LogP contribution in [0.1, 0.15) is 31.9 Å². The summed E-state index contributed by atoms with van der Waals surface area (Å²) < 4.78 is 10.5. The average molecular weight is 208 g/mol. The van der Waals surface area contributed by atoms with Crippen LogP contribution in [-0.2, 0) is 16.8 Å². The van der Waals surface area contributed by atoms with E-state index in [0.717, 1.165) is 5.75 Å². The van der Waals surface area contributed by atoms with E-state index < -0.39 is 0 Å². The Hall–Kier alpha value is -1.02. The molecule has 0 radical (unpaired) electrons. The summed E-state index contributed by atoms with van der Waals surface area (Å²) in [5.41, 5.74) is 2.50. The van der Waals surface area contributed by atoms with Gasteiger partial charge in [-0.3, -0.25) is 0 Å². The summed E-state index contributed by atoms with van der Waals surface area (Å²) in [6.45, 7) is 7.19. The number of ether oxygens (including phenoxy) is 2. The first kappa shape index (κ1) is 12.1. The minimum atomic E-state index is 0.0924. The first-order chi connectivity index (χ1) is 6.99.